The van der Waals surface area contributed by atoms with Crippen LogP contribution in [0.1, 0.15) is 38.8 Å². The smallest absolute Gasteiger partial charge is 0.323 e. The summed E-state index contributed by atoms with van der Waals surface area (Å²) in [6.45, 7) is 6.87. The second-order valence-electron chi connectivity index (χ2n) is 5.20. The highest BCUT2D eigenvalue weighted by molar-refractivity contribution is 5.76. The molecule has 4 nitrogen and oxygen atoms in total. The predicted octanol–water partition coefficient (Wildman–Crippen LogP) is 2.94. The fourth-order valence-electron chi connectivity index (χ4n) is 2.24. The van der Waals surface area contributed by atoms with Gasteiger partial charge < -0.3 is 9.47 Å². The largest absolute Gasteiger partial charge is 0.465 e. The van der Waals surface area contributed by atoms with E-state index < -0.39 is 0 Å². The summed E-state index contributed by atoms with van der Waals surface area (Å²) >= 11 is 0. The first-order valence-corrected chi connectivity index (χ1v) is 7.60. The molecule has 118 valence electrons. The molecule has 1 N–H and O–H groups in total. The van der Waals surface area contributed by atoms with Crippen LogP contribution >= 0.6 is 0 Å². The molecule has 0 radical (unpaired) electrons. The number of hydrogen-bond donors (Lipinski definition) is 1. The Morgan fingerprint density at radius 2 is 1.90 bits per heavy atom. The van der Waals surface area contributed by atoms with Gasteiger partial charge in [-0.3, -0.25) is 10.1 Å². The number of benzene rings is 1. The Morgan fingerprint density at radius 3 is 2.43 bits per heavy atom. The van der Waals surface area contributed by atoms with Gasteiger partial charge in [0.15, 0.2) is 0 Å². The summed E-state index contributed by atoms with van der Waals surface area (Å²) in [5, 5.41) is 3.41. The third-order valence-corrected chi connectivity index (χ3v) is 3.67. The molecule has 0 aliphatic carbocycles. The Hall–Kier alpha value is -1.39. The van der Waals surface area contributed by atoms with Gasteiger partial charge in [-0.15, -0.1) is 0 Å². The maximum absolute atomic E-state index is 12.2. The minimum absolute atomic E-state index is 0.0281. The Balaban J connectivity index is 2.88. The van der Waals surface area contributed by atoms with Crippen LogP contribution in [0.25, 0.3) is 0 Å². The third kappa shape index (κ3) is 5.48. The Kier molecular flexibility index (Phi) is 8.01. The standard InChI is InChI=1S/C17H27NO3/c1-5-13(3)16(17(19)21-6-2)18-15(12-20-4)14-10-8-7-9-11-14/h7-11,13,15-16,18H,5-6,12H2,1-4H3/t13?,15-,16-/m0/s1. The molecule has 0 aromatic heterocycles. The maximum atomic E-state index is 12.2. The van der Waals surface area contributed by atoms with Crippen LogP contribution in [0, 0.1) is 5.92 Å². The average molecular weight is 293 g/mol. The quantitative estimate of drug-likeness (QED) is 0.711. The third-order valence-electron chi connectivity index (χ3n) is 3.67. The molecule has 0 saturated heterocycles. The Labute approximate surface area is 127 Å². The van der Waals surface area contributed by atoms with Crippen molar-refractivity contribution >= 4 is 5.97 Å². The van der Waals surface area contributed by atoms with Gasteiger partial charge in [0.05, 0.1) is 19.3 Å². The van der Waals surface area contributed by atoms with Gasteiger partial charge in [0.25, 0.3) is 0 Å². The molecule has 1 aromatic rings. The summed E-state index contributed by atoms with van der Waals surface area (Å²) in [5.74, 6) is 0.0102. The summed E-state index contributed by atoms with van der Waals surface area (Å²) in [6.07, 6.45) is 0.908. The summed E-state index contributed by atoms with van der Waals surface area (Å²) in [5.41, 5.74) is 1.11. The van der Waals surface area contributed by atoms with Crippen molar-refractivity contribution in [2.75, 3.05) is 20.3 Å². The van der Waals surface area contributed by atoms with Crippen molar-refractivity contribution < 1.29 is 14.3 Å². The molecule has 21 heavy (non-hydrogen) atoms. The van der Waals surface area contributed by atoms with E-state index in [4.69, 9.17) is 9.47 Å². The van der Waals surface area contributed by atoms with Gasteiger partial charge in [0.2, 0.25) is 0 Å². The van der Waals surface area contributed by atoms with Crippen molar-refractivity contribution in [1.82, 2.24) is 5.32 Å². The minimum atomic E-state index is -0.324. The van der Waals surface area contributed by atoms with Crippen molar-refractivity contribution in [3.63, 3.8) is 0 Å². The molecular weight excluding hydrogens is 266 g/mol. The lowest BCUT2D eigenvalue weighted by Gasteiger charge is -2.28. The molecule has 0 fully saturated rings. The normalized spacial score (nSPS) is 15.2. The number of methoxy groups -OCH3 is 1. The van der Waals surface area contributed by atoms with E-state index in [1.54, 1.807) is 7.11 Å². The zero-order chi connectivity index (χ0) is 15.7. The van der Waals surface area contributed by atoms with Gasteiger partial charge in [-0.05, 0) is 18.4 Å². The predicted molar refractivity (Wildman–Crippen MR) is 84.1 cm³/mol. The molecule has 1 rings (SSSR count). The lowest BCUT2D eigenvalue weighted by atomic mass is 9.97. The molecule has 3 atom stereocenters. The molecule has 1 aromatic carbocycles. The maximum Gasteiger partial charge on any atom is 0.323 e. The number of rotatable bonds is 9. The van der Waals surface area contributed by atoms with Gasteiger partial charge in [-0.1, -0.05) is 50.6 Å². The van der Waals surface area contributed by atoms with E-state index in [9.17, 15) is 4.79 Å². The van der Waals surface area contributed by atoms with Crippen LogP contribution in [0.15, 0.2) is 30.3 Å². The van der Waals surface area contributed by atoms with Crippen molar-refractivity contribution in [2.45, 2.75) is 39.3 Å². The lowest BCUT2D eigenvalue weighted by molar-refractivity contribution is -0.147. The zero-order valence-corrected chi connectivity index (χ0v) is 13.5. The Morgan fingerprint density at radius 1 is 1.24 bits per heavy atom. The van der Waals surface area contributed by atoms with E-state index in [1.807, 2.05) is 37.3 Å². The molecule has 0 saturated carbocycles. The fourth-order valence-corrected chi connectivity index (χ4v) is 2.24. The van der Waals surface area contributed by atoms with Crippen LogP contribution in [0.2, 0.25) is 0 Å². The molecule has 0 aliphatic heterocycles. The van der Waals surface area contributed by atoms with Crippen LogP contribution in [-0.2, 0) is 14.3 Å². The van der Waals surface area contributed by atoms with Gasteiger partial charge in [-0.25, -0.2) is 0 Å². The number of carbonyl (C=O) groups is 1. The molecule has 4 heteroatoms. The van der Waals surface area contributed by atoms with Gasteiger partial charge in [-0.2, -0.15) is 0 Å². The zero-order valence-electron chi connectivity index (χ0n) is 13.5. The van der Waals surface area contributed by atoms with Crippen molar-refractivity contribution in [1.29, 1.82) is 0 Å². The van der Waals surface area contributed by atoms with Crippen LogP contribution in [-0.4, -0.2) is 32.3 Å². The van der Waals surface area contributed by atoms with Crippen LogP contribution < -0.4 is 5.32 Å². The second kappa shape index (κ2) is 9.53. The van der Waals surface area contributed by atoms with E-state index in [1.165, 1.54) is 0 Å². The van der Waals surface area contributed by atoms with Crippen molar-refractivity contribution in [2.24, 2.45) is 5.92 Å². The SMILES string of the molecule is CCOC(=O)[C@@H](N[C@@H](COC)c1ccccc1)C(C)CC. The van der Waals surface area contributed by atoms with Crippen LogP contribution in [0.3, 0.4) is 0 Å². The number of nitrogens with one attached hydrogen (secondary N) is 1. The van der Waals surface area contributed by atoms with Gasteiger partial charge in [0.1, 0.15) is 6.04 Å². The highest BCUT2D eigenvalue weighted by atomic mass is 16.5. The highest BCUT2D eigenvalue weighted by Crippen LogP contribution is 2.18. The Bertz CT molecular complexity index is 408. The van der Waals surface area contributed by atoms with Gasteiger partial charge in [0, 0.05) is 7.11 Å². The van der Waals surface area contributed by atoms with E-state index in [2.05, 4.69) is 19.2 Å². The average Bonchev–Trinajstić information content (AvgIpc) is 2.51. The lowest BCUT2D eigenvalue weighted by Crippen LogP contribution is -2.45. The summed E-state index contributed by atoms with van der Waals surface area (Å²) in [7, 11) is 1.67. The molecule has 0 amide bonds. The van der Waals surface area contributed by atoms with E-state index in [0.29, 0.717) is 13.2 Å². The summed E-state index contributed by atoms with van der Waals surface area (Å²) in [6, 6.07) is 9.68. The second-order valence-corrected chi connectivity index (χ2v) is 5.20. The van der Waals surface area contributed by atoms with E-state index >= 15 is 0 Å². The molecule has 1 unspecified atom stereocenters. The number of esters is 1. The number of ether oxygens (including phenoxy) is 2. The topological polar surface area (TPSA) is 47.6 Å². The molecule has 0 bridgehead atoms. The first kappa shape index (κ1) is 17.7. The molecule has 0 heterocycles. The summed E-state index contributed by atoms with van der Waals surface area (Å²) in [4.78, 5) is 12.2. The van der Waals surface area contributed by atoms with Gasteiger partial charge >= 0.3 is 5.97 Å². The monoisotopic (exact) mass is 293 g/mol. The summed E-state index contributed by atoms with van der Waals surface area (Å²) < 4.78 is 10.5. The first-order chi connectivity index (χ1) is 10.1. The molecule has 0 spiro atoms. The highest BCUT2D eigenvalue weighted by Gasteiger charge is 2.28. The first-order valence-electron chi connectivity index (χ1n) is 7.60. The van der Waals surface area contributed by atoms with Crippen LogP contribution in [0.4, 0.5) is 0 Å². The molecular formula is C17H27NO3. The number of carbonyl (C=O) groups excluding carboxylic acids is 1. The minimum Gasteiger partial charge on any atom is -0.465 e. The molecule has 0 aliphatic rings. The van der Waals surface area contributed by atoms with Crippen molar-refractivity contribution in [3.05, 3.63) is 35.9 Å². The van der Waals surface area contributed by atoms with E-state index in [0.717, 1.165) is 12.0 Å². The van der Waals surface area contributed by atoms with Crippen molar-refractivity contribution in [3.8, 4) is 0 Å². The number of hydrogen-bond acceptors (Lipinski definition) is 4. The fraction of sp³-hybridized carbons (Fsp3) is 0.588. The van der Waals surface area contributed by atoms with E-state index in [-0.39, 0.29) is 24.0 Å². The van der Waals surface area contributed by atoms with Crippen LogP contribution in [0.5, 0.6) is 0 Å².